The number of carbonyl (C=O) groups excluding carboxylic acids is 2. The molecular weight excluding hydrogens is 359 g/mol. The van der Waals surface area contributed by atoms with Crippen LogP contribution in [0.3, 0.4) is 0 Å². The minimum Gasteiger partial charge on any atom is -0.323 e. The number of nitrogens with one attached hydrogen (secondary N) is 2. The number of hydrogen-bond acceptors (Lipinski definition) is 3. The van der Waals surface area contributed by atoms with Gasteiger partial charge in [0.15, 0.2) is 11.5 Å². The van der Waals surface area contributed by atoms with Gasteiger partial charge in [-0.25, -0.2) is 9.37 Å². The van der Waals surface area contributed by atoms with Crippen molar-refractivity contribution in [2.75, 3.05) is 10.6 Å². The molecule has 0 atom stereocenters. The molecule has 142 valence electrons. The van der Waals surface area contributed by atoms with E-state index in [1.807, 2.05) is 18.2 Å². The van der Waals surface area contributed by atoms with Gasteiger partial charge in [0.25, 0.3) is 11.8 Å². The van der Waals surface area contributed by atoms with Crippen LogP contribution in [0.25, 0.3) is 0 Å². The highest BCUT2D eigenvalue weighted by Crippen LogP contribution is 2.23. The van der Waals surface area contributed by atoms with Crippen LogP contribution in [0.4, 0.5) is 15.8 Å². The average Bonchev–Trinajstić information content (AvgIpc) is 3.10. The molecule has 0 unspecified atom stereocenters. The van der Waals surface area contributed by atoms with Crippen LogP contribution >= 0.6 is 0 Å². The summed E-state index contributed by atoms with van der Waals surface area (Å²) in [4.78, 5) is 29.8. The van der Waals surface area contributed by atoms with Gasteiger partial charge in [-0.2, -0.15) is 0 Å². The lowest BCUT2D eigenvalue weighted by Crippen LogP contribution is -2.21. The van der Waals surface area contributed by atoms with Gasteiger partial charge in [-0.05, 0) is 43.5 Å². The molecule has 1 aliphatic rings. The van der Waals surface area contributed by atoms with E-state index in [1.54, 1.807) is 28.8 Å². The standard InChI is InChI=1S/C21H19FN4O2/c22-15-10-4-5-11-16(15)24-20(27)18-17-12-6-7-13-26(17)19(25-18)21(28)23-14-8-2-1-3-9-14/h1-5,8-11H,6-7,12-13H2,(H,23,28)(H,24,27). The largest absolute Gasteiger partial charge is 0.323 e. The fraction of sp³-hybridized carbons (Fsp3) is 0.190. The molecule has 0 aliphatic carbocycles. The molecule has 2 heterocycles. The van der Waals surface area contributed by atoms with Crippen LogP contribution in [-0.2, 0) is 13.0 Å². The number of fused-ring (bicyclic) bond motifs is 1. The highest BCUT2D eigenvalue weighted by Gasteiger charge is 2.27. The summed E-state index contributed by atoms with van der Waals surface area (Å²) in [7, 11) is 0. The van der Waals surface area contributed by atoms with Crippen molar-refractivity contribution in [2.24, 2.45) is 0 Å². The second-order valence-electron chi connectivity index (χ2n) is 6.59. The number of para-hydroxylation sites is 2. The molecule has 0 radical (unpaired) electrons. The number of aromatic nitrogens is 2. The average molecular weight is 378 g/mol. The molecule has 1 aromatic heterocycles. The van der Waals surface area contributed by atoms with Crippen molar-refractivity contribution in [2.45, 2.75) is 25.8 Å². The minimum atomic E-state index is -0.522. The number of imidazole rings is 1. The van der Waals surface area contributed by atoms with Crippen molar-refractivity contribution < 1.29 is 14.0 Å². The Morgan fingerprint density at radius 2 is 1.68 bits per heavy atom. The van der Waals surface area contributed by atoms with E-state index >= 15 is 0 Å². The van der Waals surface area contributed by atoms with E-state index in [9.17, 15) is 14.0 Å². The van der Waals surface area contributed by atoms with E-state index < -0.39 is 11.7 Å². The molecule has 0 saturated heterocycles. The summed E-state index contributed by atoms with van der Waals surface area (Å²) in [6.45, 7) is 0.618. The molecule has 3 aromatic rings. The zero-order valence-electron chi connectivity index (χ0n) is 15.1. The summed E-state index contributed by atoms with van der Waals surface area (Å²) in [6.07, 6.45) is 2.46. The van der Waals surface area contributed by atoms with Gasteiger partial charge in [-0.3, -0.25) is 9.59 Å². The van der Waals surface area contributed by atoms with E-state index in [2.05, 4.69) is 15.6 Å². The Bertz CT molecular complexity index is 1030. The normalized spacial score (nSPS) is 12.9. The Hall–Kier alpha value is -3.48. The molecule has 0 fully saturated rings. The first kappa shape index (κ1) is 17.9. The van der Waals surface area contributed by atoms with E-state index in [4.69, 9.17) is 0 Å². The fourth-order valence-electron chi connectivity index (χ4n) is 3.35. The maximum absolute atomic E-state index is 13.9. The Morgan fingerprint density at radius 3 is 2.46 bits per heavy atom. The number of hydrogen-bond donors (Lipinski definition) is 2. The van der Waals surface area contributed by atoms with E-state index in [-0.39, 0.29) is 23.1 Å². The Labute approximate surface area is 161 Å². The van der Waals surface area contributed by atoms with Crippen molar-refractivity contribution in [3.8, 4) is 0 Å². The topological polar surface area (TPSA) is 76.0 Å². The molecule has 28 heavy (non-hydrogen) atoms. The van der Waals surface area contributed by atoms with Gasteiger partial charge in [-0.1, -0.05) is 30.3 Å². The molecule has 7 heteroatoms. The molecule has 2 N–H and O–H groups in total. The van der Waals surface area contributed by atoms with Gasteiger partial charge in [0.1, 0.15) is 5.82 Å². The molecule has 0 bridgehead atoms. The van der Waals surface area contributed by atoms with Gasteiger partial charge < -0.3 is 15.2 Å². The van der Waals surface area contributed by atoms with Crippen LogP contribution in [0.5, 0.6) is 0 Å². The lowest BCUT2D eigenvalue weighted by Gasteiger charge is -2.17. The third-order valence-electron chi connectivity index (χ3n) is 4.69. The minimum absolute atomic E-state index is 0.0837. The molecule has 0 spiro atoms. The van der Waals surface area contributed by atoms with Crippen LogP contribution in [0.15, 0.2) is 54.6 Å². The Balaban J connectivity index is 1.64. The van der Waals surface area contributed by atoms with Crippen molar-refractivity contribution in [3.63, 3.8) is 0 Å². The Kier molecular flexibility index (Phi) is 4.89. The van der Waals surface area contributed by atoms with Crippen molar-refractivity contribution >= 4 is 23.2 Å². The maximum atomic E-state index is 13.9. The number of rotatable bonds is 4. The highest BCUT2D eigenvalue weighted by atomic mass is 19.1. The van der Waals surface area contributed by atoms with Crippen molar-refractivity contribution in [1.82, 2.24) is 9.55 Å². The summed E-state index contributed by atoms with van der Waals surface area (Å²) in [5.41, 5.74) is 1.61. The molecule has 4 rings (SSSR count). The molecule has 6 nitrogen and oxygen atoms in total. The predicted octanol–water partition coefficient (Wildman–Crippen LogP) is 3.86. The van der Waals surface area contributed by atoms with Gasteiger partial charge in [-0.15, -0.1) is 0 Å². The number of anilines is 2. The third-order valence-corrected chi connectivity index (χ3v) is 4.69. The fourth-order valence-corrected chi connectivity index (χ4v) is 3.35. The summed E-state index contributed by atoms with van der Waals surface area (Å²) in [5, 5.41) is 5.36. The van der Waals surface area contributed by atoms with Crippen molar-refractivity contribution in [1.29, 1.82) is 0 Å². The SMILES string of the molecule is O=C(Nc1ccccc1F)c1nc(C(=O)Nc2ccccc2)n2c1CCCC2. The molecule has 2 aromatic carbocycles. The van der Waals surface area contributed by atoms with E-state index in [0.29, 0.717) is 24.3 Å². The smallest absolute Gasteiger partial charge is 0.291 e. The zero-order valence-corrected chi connectivity index (χ0v) is 15.1. The Morgan fingerprint density at radius 1 is 0.929 bits per heavy atom. The second-order valence-corrected chi connectivity index (χ2v) is 6.59. The summed E-state index contributed by atoms with van der Waals surface area (Å²) < 4.78 is 15.7. The van der Waals surface area contributed by atoms with E-state index in [0.717, 1.165) is 12.8 Å². The van der Waals surface area contributed by atoms with Crippen molar-refractivity contribution in [3.05, 3.63) is 77.6 Å². The maximum Gasteiger partial charge on any atom is 0.291 e. The number of benzene rings is 2. The van der Waals surface area contributed by atoms with Crippen LogP contribution < -0.4 is 10.6 Å². The molecule has 2 amide bonds. The number of amides is 2. The first-order valence-electron chi connectivity index (χ1n) is 9.15. The van der Waals surface area contributed by atoms with Crippen LogP contribution in [0.1, 0.15) is 39.6 Å². The number of nitrogens with zero attached hydrogens (tertiary/aromatic N) is 2. The van der Waals surface area contributed by atoms with Gasteiger partial charge in [0, 0.05) is 12.2 Å². The highest BCUT2D eigenvalue weighted by molar-refractivity contribution is 6.07. The molecule has 0 saturated carbocycles. The monoisotopic (exact) mass is 378 g/mol. The molecular formula is C21H19FN4O2. The zero-order chi connectivity index (χ0) is 19.5. The first-order valence-corrected chi connectivity index (χ1v) is 9.15. The lowest BCUT2D eigenvalue weighted by molar-refractivity contribution is 0.101. The summed E-state index contributed by atoms with van der Waals surface area (Å²) in [5.74, 6) is -1.22. The number of halogens is 1. The van der Waals surface area contributed by atoms with Gasteiger partial charge in [0.05, 0.1) is 11.4 Å². The lowest BCUT2D eigenvalue weighted by atomic mass is 10.1. The van der Waals surface area contributed by atoms with E-state index in [1.165, 1.54) is 12.1 Å². The first-order chi connectivity index (χ1) is 13.6. The predicted molar refractivity (Wildman–Crippen MR) is 104 cm³/mol. The number of carbonyl (C=O) groups is 2. The van der Waals surface area contributed by atoms with Crippen LogP contribution in [0.2, 0.25) is 0 Å². The summed E-state index contributed by atoms with van der Waals surface area (Å²) >= 11 is 0. The van der Waals surface area contributed by atoms with Gasteiger partial charge in [0.2, 0.25) is 0 Å². The van der Waals surface area contributed by atoms with Crippen LogP contribution in [-0.4, -0.2) is 21.4 Å². The quantitative estimate of drug-likeness (QED) is 0.724. The second kappa shape index (κ2) is 7.64. The summed E-state index contributed by atoms with van der Waals surface area (Å²) in [6, 6.07) is 15.0. The van der Waals surface area contributed by atoms with Gasteiger partial charge >= 0.3 is 0 Å². The third kappa shape index (κ3) is 3.51. The van der Waals surface area contributed by atoms with Crippen LogP contribution in [0, 0.1) is 5.82 Å². The molecule has 1 aliphatic heterocycles.